The number of piperazine rings is 1. The molecule has 0 radical (unpaired) electrons. The summed E-state index contributed by atoms with van der Waals surface area (Å²) in [5.41, 5.74) is 2.28. The molecule has 0 amide bonds. The van der Waals surface area contributed by atoms with Gasteiger partial charge in [-0.25, -0.2) is 12.7 Å². The second-order valence-electron chi connectivity index (χ2n) is 6.93. The molecular weight excluding hydrogens is 356 g/mol. The van der Waals surface area contributed by atoms with Gasteiger partial charge in [-0.05, 0) is 25.5 Å². The standard InChI is InChI=1S/C17H22N4O2S2/c1-13-3-5-17(6-4-13)25(22,23)24-20-11-15-7-16(12-20)21(15)10-14-8-18-19(2)9-14/h3-6,8-9,15-16H,7,10-12H2,1-2H3. The van der Waals surface area contributed by atoms with Crippen molar-refractivity contribution >= 4 is 19.8 Å². The first-order valence-corrected chi connectivity index (χ1v) is 11.2. The van der Waals surface area contributed by atoms with Crippen molar-refractivity contribution in [2.45, 2.75) is 36.9 Å². The Morgan fingerprint density at radius 1 is 1.20 bits per heavy atom. The van der Waals surface area contributed by atoms with Crippen LogP contribution in [0.1, 0.15) is 17.5 Å². The van der Waals surface area contributed by atoms with Crippen molar-refractivity contribution in [2.24, 2.45) is 7.05 Å². The largest absolute Gasteiger partial charge is 0.290 e. The third kappa shape index (κ3) is 3.48. The summed E-state index contributed by atoms with van der Waals surface area (Å²) in [4.78, 5) is 2.85. The fourth-order valence-corrected chi connectivity index (χ4v) is 6.71. The summed E-state index contributed by atoms with van der Waals surface area (Å²) >= 11 is 0. The molecule has 2 bridgehead atoms. The summed E-state index contributed by atoms with van der Waals surface area (Å²) in [5.74, 6) is 0. The van der Waals surface area contributed by atoms with Gasteiger partial charge in [0.05, 0.1) is 22.1 Å². The Hall–Kier alpha value is -1.35. The normalized spacial score (nSPS) is 24.2. The molecule has 6 nitrogen and oxygen atoms in total. The van der Waals surface area contributed by atoms with Crippen LogP contribution in [0, 0.1) is 6.92 Å². The number of benzene rings is 1. The number of hydrogen-bond donors (Lipinski definition) is 0. The number of rotatable bonds is 5. The highest BCUT2D eigenvalue weighted by molar-refractivity contribution is 8.71. The van der Waals surface area contributed by atoms with Crippen molar-refractivity contribution in [3.8, 4) is 0 Å². The summed E-state index contributed by atoms with van der Waals surface area (Å²) in [5, 5.41) is 4.22. The predicted molar refractivity (Wildman–Crippen MR) is 98.5 cm³/mol. The Morgan fingerprint density at radius 3 is 2.48 bits per heavy atom. The van der Waals surface area contributed by atoms with Crippen LogP contribution in [0.4, 0.5) is 0 Å². The molecule has 0 N–H and O–H groups in total. The molecule has 1 aromatic heterocycles. The average Bonchev–Trinajstić information content (AvgIpc) is 2.98. The van der Waals surface area contributed by atoms with Crippen LogP contribution in [0.3, 0.4) is 0 Å². The summed E-state index contributed by atoms with van der Waals surface area (Å²) in [6, 6.07) is 7.93. The molecule has 0 aliphatic carbocycles. The van der Waals surface area contributed by atoms with Crippen LogP contribution in [0.2, 0.25) is 0 Å². The molecule has 3 fully saturated rings. The maximum absolute atomic E-state index is 12.6. The van der Waals surface area contributed by atoms with Crippen molar-refractivity contribution < 1.29 is 8.42 Å². The van der Waals surface area contributed by atoms with Crippen LogP contribution < -0.4 is 0 Å². The molecule has 1 aromatic carbocycles. The molecule has 2 unspecified atom stereocenters. The van der Waals surface area contributed by atoms with Crippen LogP contribution in [0.5, 0.6) is 0 Å². The first-order valence-electron chi connectivity index (χ1n) is 8.40. The van der Waals surface area contributed by atoms with E-state index in [9.17, 15) is 8.42 Å². The zero-order chi connectivity index (χ0) is 17.6. The van der Waals surface area contributed by atoms with Gasteiger partial charge in [-0.2, -0.15) is 5.10 Å². The highest BCUT2D eigenvalue weighted by Gasteiger charge is 2.45. The molecule has 4 heterocycles. The van der Waals surface area contributed by atoms with Gasteiger partial charge in [0.1, 0.15) is 0 Å². The van der Waals surface area contributed by atoms with E-state index in [0.29, 0.717) is 17.0 Å². The number of nitrogens with zero attached hydrogens (tertiary/aromatic N) is 4. The summed E-state index contributed by atoms with van der Waals surface area (Å²) in [6.07, 6.45) is 5.10. The Balaban J connectivity index is 1.38. The van der Waals surface area contributed by atoms with E-state index in [4.69, 9.17) is 0 Å². The number of piperidine rings is 1. The fraction of sp³-hybridized carbons (Fsp3) is 0.471. The van der Waals surface area contributed by atoms with E-state index < -0.39 is 8.87 Å². The van der Waals surface area contributed by atoms with Gasteiger partial charge in [-0.15, -0.1) is 0 Å². The molecule has 0 spiro atoms. The second-order valence-corrected chi connectivity index (χ2v) is 10.7. The van der Waals surface area contributed by atoms with E-state index in [-0.39, 0.29) is 0 Å². The highest BCUT2D eigenvalue weighted by Crippen LogP contribution is 2.38. The maximum atomic E-state index is 12.6. The monoisotopic (exact) mass is 378 g/mol. The zero-order valence-corrected chi connectivity index (χ0v) is 16.0. The van der Waals surface area contributed by atoms with Crippen LogP contribution in [0.25, 0.3) is 0 Å². The van der Waals surface area contributed by atoms with Gasteiger partial charge in [0, 0.05) is 50.5 Å². The molecule has 5 rings (SSSR count). The van der Waals surface area contributed by atoms with Crippen LogP contribution in [-0.2, 0) is 22.5 Å². The van der Waals surface area contributed by atoms with E-state index in [2.05, 4.69) is 10.00 Å². The molecule has 2 aromatic rings. The number of aryl methyl sites for hydroxylation is 2. The van der Waals surface area contributed by atoms with Crippen molar-refractivity contribution in [2.75, 3.05) is 13.1 Å². The van der Waals surface area contributed by atoms with Gasteiger partial charge in [-0.3, -0.25) is 9.58 Å². The summed E-state index contributed by atoms with van der Waals surface area (Å²) in [7, 11) is -0.426. The van der Waals surface area contributed by atoms with Crippen molar-refractivity contribution in [3.63, 3.8) is 0 Å². The SMILES string of the molecule is Cc1ccc(S(=O)(=O)SN2CC3CC(C2)N3Cc2cnn(C)c2)cc1. The van der Waals surface area contributed by atoms with E-state index in [0.717, 1.165) is 42.6 Å². The lowest BCUT2D eigenvalue weighted by molar-refractivity contribution is -0.0466. The minimum Gasteiger partial charge on any atom is -0.290 e. The van der Waals surface area contributed by atoms with Gasteiger partial charge < -0.3 is 0 Å². The van der Waals surface area contributed by atoms with E-state index >= 15 is 0 Å². The second kappa shape index (κ2) is 6.42. The lowest BCUT2D eigenvalue weighted by Gasteiger charge is -2.55. The Bertz CT molecular complexity index is 851. The van der Waals surface area contributed by atoms with Gasteiger partial charge in [0.15, 0.2) is 0 Å². The first-order chi connectivity index (χ1) is 11.9. The molecule has 3 saturated heterocycles. The van der Waals surface area contributed by atoms with Crippen LogP contribution in [0.15, 0.2) is 41.6 Å². The molecule has 2 atom stereocenters. The number of hydrogen-bond acceptors (Lipinski definition) is 6. The molecule has 25 heavy (non-hydrogen) atoms. The highest BCUT2D eigenvalue weighted by atomic mass is 33.1. The third-order valence-corrected chi connectivity index (χ3v) is 8.30. The molecular formula is C17H22N4O2S2. The fourth-order valence-electron chi connectivity index (χ4n) is 3.62. The van der Waals surface area contributed by atoms with Gasteiger partial charge >= 0.3 is 0 Å². The molecule has 134 valence electrons. The smallest absolute Gasteiger partial charge is 0.244 e. The van der Waals surface area contributed by atoms with Gasteiger partial charge in [-0.1, -0.05) is 17.7 Å². The number of fused-ring (bicyclic) bond motifs is 2. The van der Waals surface area contributed by atoms with Gasteiger partial charge in [0.25, 0.3) is 0 Å². The Labute approximate surface area is 152 Å². The lowest BCUT2D eigenvalue weighted by atomic mass is 9.88. The molecule has 0 saturated carbocycles. The van der Waals surface area contributed by atoms with Crippen LogP contribution in [-0.4, -0.2) is 52.6 Å². The average molecular weight is 379 g/mol. The predicted octanol–water partition coefficient (Wildman–Crippen LogP) is 2.02. The van der Waals surface area contributed by atoms with Gasteiger partial charge in [0.2, 0.25) is 8.87 Å². The van der Waals surface area contributed by atoms with Crippen molar-refractivity contribution in [1.29, 1.82) is 0 Å². The lowest BCUT2D eigenvalue weighted by Crippen LogP contribution is -2.66. The number of aromatic nitrogens is 2. The van der Waals surface area contributed by atoms with E-state index in [1.54, 1.807) is 12.1 Å². The van der Waals surface area contributed by atoms with E-state index in [1.165, 1.54) is 5.56 Å². The quantitative estimate of drug-likeness (QED) is 0.586. The molecule has 3 aliphatic rings. The van der Waals surface area contributed by atoms with Crippen molar-refractivity contribution in [3.05, 3.63) is 47.8 Å². The summed E-state index contributed by atoms with van der Waals surface area (Å²) in [6.45, 7) is 4.42. The topological polar surface area (TPSA) is 58.4 Å². The Kier molecular flexibility index (Phi) is 4.39. The zero-order valence-electron chi connectivity index (χ0n) is 14.4. The Morgan fingerprint density at radius 2 is 1.88 bits per heavy atom. The van der Waals surface area contributed by atoms with Crippen molar-refractivity contribution in [1.82, 2.24) is 19.0 Å². The third-order valence-electron chi connectivity index (χ3n) is 4.95. The molecule has 8 heteroatoms. The maximum Gasteiger partial charge on any atom is 0.244 e. The summed E-state index contributed by atoms with van der Waals surface area (Å²) < 4.78 is 29.0. The minimum atomic E-state index is -3.34. The minimum absolute atomic E-state index is 0.384. The molecule has 3 aliphatic heterocycles. The van der Waals surface area contributed by atoms with E-state index in [1.807, 2.05) is 47.5 Å². The van der Waals surface area contributed by atoms with Crippen LogP contribution >= 0.6 is 11.0 Å². The first kappa shape index (κ1) is 17.1.